The topological polar surface area (TPSA) is 151 Å². The number of piperidine rings is 1. The molecule has 1 saturated carbocycles. The van der Waals surface area contributed by atoms with Crippen LogP contribution in [-0.2, 0) is 15.6 Å². The summed E-state index contributed by atoms with van der Waals surface area (Å²) in [5.41, 5.74) is 2.46. The second kappa shape index (κ2) is 12.2. The summed E-state index contributed by atoms with van der Waals surface area (Å²) in [7, 11) is -3.49. The smallest absolute Gasteiger partial charge is 0.256 e. The van der Waals surface area contributed by atoms with Crippen molar-refractivity contribution in [1.29, 1.82) is 0 Å². The van der Waals surface area contributed by atoms with E-state index in [2.05, 4.69) is 40.6 Å². The maximum atomic E-state index is 13.1. The summed E-state index contributed by atoms with van der Waals surface area (Å²) in [6, 6.07) is 7.40. The van der Waals surface area contributed by atoms with E-state index in [1.54, 1.807) is 38.5 Å². The van der Waals surface area contributed by atoms with Gasteiger partial charge in [-0.15, -0.1) is 0 Å². The molecule has 4 aromatic rings. The van der Waals surface area contributed by atoms with Crippen LogP contribution in [0.3, 0.4) is 0 Å². The molecule has 1 atom stereocenters. The number of nitrogens with zero attached hydrogens (tertiary/aromatic N) is 7. The lowest BCUT2D eigenvalue weighted by Gasteiger charge is -2.33. The van der Waals surface area contributed by atoms with Crippen LogP contribution in [0.5, 0.6) is 0 Å². The van der Waals surface area contributed by atoms with Gasteiger partial charge >= 0.3 is 0 Å². The summed E-state index contributed by atoms with van der Waals surface area (Å²) < 4.78 is 39.2. The van der Waals surface area contributed by atoms with Crippen LogP contribution in [0, 0.1) is 0 Å². The van der Waals surface area contributed by atoms with Crippen LogP contribution in [0.15, 0.2) is 55.2 Å². The van der Waals surface area contributed by atoms with E-state index in [1.165, 1.54) is 12.4 Å². The van der Waals surface area contributed by atoms with Gasteiger partial charge in [0.2, 0.25) is 0 Å². The Morgan fingerprint density at radius 1 is 1.07 bits per heavy atom. The number of likely N-dealkylation sites (tertiary alicyclic amines) is 1. The van der Waals surface area contributed by atoms with Crippen LogP contribution < -0.4 is 10.6 Å². The van der Waals surface area contributed by atoms with Crippen molar-refractivity contribution in [3.8, 4) is 22.6 Å². The molecule has 3 N–H and O–H groups in total. The number of aliphatic hydroxyl groups is 1. The molecule has 1 saturated heterocycles. The minimum Gasteiger partial charge on any atom is -0.386 e. The number of hydrogen-bond acceptors (Lipinski definition) is 11. The second-order valence-corrected chi connectivity index (χ2v) is 13.9. The van der Waals surface area contributed by atoms with Gasteiger partial charge in [0.1, 0.15) is 18.3 Å². The Balaban J connectivity index is 1.27. The Bertz CT molecular complexity index is 1720. The van der Waals surface area contributed by atoms with Gasteiger partial charge in [0.25, 0.3) is 10.0 Å². The minimum atomic E-state index is -3.49. The lowest BCUT2D eigenvalue weighted by molar-refractivity contribution is 0.0782. The molecule has 44 heavy (non-hydrogen) atoms. The fourth-order valence-electron chi connectivity index (χ4n) is 5.25. The molecule has 14 heteroatoms. The largest absolute Gasteiger partial charge is 0.386 e. The van der Waals surface area contributed by atoms with E-state index < -0.39 is 15.6 Å². The molecule has 0 radical (unpaired) electrons. The van der Waals surface area contributed by atoms with Crippen molar-refractivity contribution in [3.63, 3.8) is 0 Å². The van der Waals surface area contributed by atoms with E-state index in [1.807, 2.05) is 18.2 Å². The first-order valence-electron chi connectivity index (χ1n) is 14.7. The first-order valence-corrected chi connectivity index (χ1v) is 16.2. The molecule has 232 valence electrons. The van der Waals surface area contributed by atoms with Gasteiger partial charge in [-0.05, 0) is 58.2 Å². The molecule has 4 aromatic heterocycles. The normalized spacial score (nSPS) is 17.9. The molecule has 6 rings (SSSR count). The number of alkyl halides is 1. The lowest BCUT2D eigenvalue weighted by atomic mass is 9.99. The van der Waals surface area contributed by atoms with Gasteiger partial charge in [-0.2, -0.15) is 9.19 Å². The highest BCUT2D eigenvalue weighted by Crippen LogP contribution is 2.33. The molecule has 0 bridgehead atoms. The minimum absolute atomic E-state index is 0.106. The number of anilines is 3. The summed E-state index contributed by atoms with van der Waals surface area (Å²) in [5.74, 6) is 1.32. The molecule has 1 aliphatic heterocycles. The summed E-state index contributed by atoms with van der Waals surface area (Å²) in [5, 5.41) is 20.9. The van der Waals surface area contributed by atoms with Gasteiger partial charge < -0.3 is 15.7 Å². The van der Waals surface area contributed by atoms with Crippen LogP contribution in [-0.4, -0.2) is 85.1 Å². The zero-order chi connectivity index (χ0) is 30.9. The number of halogens is 1. The third-order valence-corrected chi connectivity index (χ3v) is 9.89. The summed E-state index contributed by atoms with van der Waals surface area (Å²) in [4.78, 5) is 20.3. The molecule has 12 nitrogen and oxygen atoms in total. The van der Waals surface area contributed by atoms with E-state index in [0.29, 0.717) is 53.7 Å². The fraction of sp³-hybridized carbons (Fsp3) is 0.433. The monoisotopic (exact) mass is 621 g/mol. The molecular weight excluding hydrogens is 585 g/mol. The van der Waals surface area contributed by atoms with Crippen molar-refractivity contribution >= 4 is 27.3 Å². The first-order chi connectivity index (χ1) is 21.1. The second-order valence-electron chi connectivity index (χ2n) is 11.8. The Morgan fingerprint density at radius 2 is 1.91 bits per heavy atom. The Morgan fingerprint density at radius 3 is 2.64 bits per heavy atom. The molecule has 1 unspecified atom stereocenters. The number of aromatic nitrogens is 6. The van der Waals surface area contributed by atoms with E-state index >= 15 is 0 Å². The zero-order valence-corrected chi connectivity index (χ0v) is 25.5. The van der Waals surface area contributed by atoms with Crippen molar-refractivity contribution in [2.75, 3.05) is 36.9 Å². The van der Waals surface area contributed by atoms with Crippen molar-refractivity contribution in [2.24, 2.45) is 0 Å². The highest BCUT2D eigenvalue weighted by Gasteiger charge is 2.37. The molecule has 0 amide bonds. The zero-order valence-electron chi connectivity index (χ0n) is 24.7. The summed E-state index contributed by atoms with van der Waals surface area (Å²) in [6.07, 6.45) is 11.1. The third kappa shape index (κ3) is 6.71. The van der Waals surface area contributed by atoms with E-state index in [4.69, 9.17) is 0 Å². The van der Waals surface area contributed by atoms with Crippen molar-refractivity contribution in [1.82, 2.24) is 34.0 Å². The highest BCUT2D eigenvalue weighted by atomic mass is 32.2. The fourth-order valence-corrected chi connectivity index (χ4v) is 6.73. The molecule has 2 fully saturated rings. The predicted octanol–water partition coefficient (Wildman–Crippen LogP) is 3.95. The quantitative estimate of drug-likeness (QED) is 0.223. The summed E-state index contributed by atoms with van der Waals surface area (Å²) >= 11 is 0. The summed E-state index contributed by atoms with van der Waals surface area (Å²) in [6.45, 7) is 5.06. The van der Waals surface area contributed by atoms with Gasteiger partial charge in [-0.25, -0.2) is 27.8 Å². The Kier molecular flexibility index (Phi) is 8.31. The van der Waals surface area contributed by atoms with Crippen LogP contribution in [0.2, 0.25) is 0 Å². The van der Waals surface area contributed by atoms with Gasteiger partial charge in [0.05, 0.1) is 34.5 Å². The molecular formula is C30H36FN9O3S. The average Bonchev–Trinajstić information content (AvgIpc) is 3.74. The average molecular weight is 622 g/mol. The number of rotatable bonds is 11. The van der Waals surface area contributed by atoms with Crippen molar-refractivity contribution < 1.29 is 17.9 Å². The van der Waals surface area contributed by atoms with Gasteiger partial charge in [0.15, 0.2) is 5.82 Å². The van der Waals surface area contributed by atoms with Gasteiger partial charge in [-0.3, -0.25) is 9.88 Å². The first kappa shape index (κ1) is 30.0. The van der Waals surface area contributed by atoms with Crippen LogP contribution in [0.1, 0.15) is 45.1 Å². The van der Waals surface area contributed by atoms with E-state index in [9.17, 15) is 17.9 Å². The van der Waals surface area contributed by atoms with Gasteiger partial charge in [-0.1, -0.05) is 6.07 Å². The molecule has 1 aliphatic carbocycles. The van der Waals surface area contributed by atoms with Gasteiger partial charge in [0, 0.05) is 60.6 Å². The maximum absolute atomic E-state index is 13.1. The molecule has 0 aromatic carbocycles. The number of hydrogen-bond donors (Lipinski definition) is 3. The molecule has 0 spiro atoms. The lowest BCUT2D eigenvalue weighted by Crippen LogP contribution is -2.43. The molecule has 2 aliphatic rings. The number of pyridine rings is 2. The Hall–Kier alpha value is -4.01. The van der Waals surface area contributed by atoms with Crippen LogP contribution in [0.4, 0.5) is 21.7 Å². The number of nitrogens with one attached hydrogen (secondary N) is 2. The third-order valence-electron chi connectivity index (χ3n) is 7.85. The maximum Gasteiger partial charge on any atom is 0.256 e. The van der Waals surface area contributed by atoms with Crippen LogP contribution >= 0.6 is 0 Å². The van der Waals surface area contributed by atoms with Crippen molar-refractivity contribution in [2.45, 2.75) is 56.4 Å². The highest BCUT2D eigenvalue weighted by molar-refractivity contribution is 7.90. The SMILES string of the molecule is CC(C)(O)c1ccc(-c2cnc(Nc3ccnc(-c4cnn(S(=O)(=O)C5CC5)c4)n3)cc2NC2CCCN(CCF)C2)nc1. The molecule has 5 heterocycles. The standard InChI is InChI=1S/C30H36FN9O3S/c1-30(2,41)21-5-8-25(33-16-21)24-17-34-28(14-26(24)36-22-4-3-12-39(19-22)13-10-31)37-27-9-11-32-29(38-27)20-15-35-40(18-20)44(42,43)23-6-7-23/h5,8-9,11,14-18,22-23,41H,3-4,6-7,10,12-13,19H2,1-2H3,(H2,32,34,36,37,38). The van der Waals surface area contributed by atoms with Crippen LogP contribution in [0.25, 0.3) is 22.6 Å². The predicted molar refractivity (Wildman–Crippen MR) is 166 cm³/mol. The van der Waals surface area contributed by atoms with E-state index in [0.717, 1.165) is 41.3 Å². The van der Waals surface area contributed by atoms with E-state index in [-0.39, 0.29) is 18.0 Å². The Labute approximate surface area is 255 Å². The van der Waals surface area contributed by atoms with Crippen molar-refractivity contribution in [3.05, 3.63) is 60.8 Å².